The molecule has 0 radical (unpaired) electrons. The van der Waals surface area contributed by atoms with Crippen molar-refractivity contribution in [2.75, 3.05) is 13.1 Å². The first kappa shape index (κ1) is 28.7. The second-order valence-corrected chi connectivity index (χ2v) is 10.9. The Bertz CT molecular complexity index is 648. The van der Waals surface area contributed by atoms with Gasteiger partial charge in [0, 0.05) is 6.54 Å². The van der Waals surface area contributed by atoms with E-state index in [0.29, 0.717) is 31.7 Å². The average Bonchev–Trinajstić information content (AvgIpc) is 3.21. The molecule has 0 aromatic heterocycles. The van der Waals surface area contributed by atoms with Crippen LogP contribution in [0.25, 0.3) is 0 Å². The van der Waals surface area contributed by atoms with E-state index in [-0.39, 0.29) is 17.9 Å². The lowest BCUT2D eigenvalue weighted by molar-refractivity contribution is -0.222. The molecule has 0 bridgehead atoms. The summed E-state index contributed by atoms with van der Waals surface area (Å²) in [4.78, 5) is 30.9. The highest BCUT2D eigenvalue weighted by Gasteiger charge is 2.47. The second kappa shape index (κ2) is 13.5. The highest BCUT2D eigenvalue weighted by atomic mass is 31.2. The van der Waals surface area contributed by atoms with Gasteiger partial charge in [0.05, 0.1) is 18.2 Å². The molecule has 8 unspecified atom stereocenters. The Labute approximate surface area is 197 Å². The van der Waals surface area contributed by atoms with Gasteiger partial charge < -0.3 is 35.4 Å². The van der Waals surface area contributed by atoms with E-state index in [9.17, 15) is 19.6 Å². The number of aliphatic hydroxyl groups excluding tert-OH is 2. The van der Waals surface area contributed by atoms with Crippen LogP contribution in [0.2, 0.25) is 0 Å². The van der Waals surface area contributed by atoms with Crippen LogP contribution in [0.15, 0.2) is 0 Å². The molecular weight excluding hydrogens is 451 g/mol. The predicted molar refractivity (Wildman–Crippen MR) is 123 cm³/mol. The molecule has 8 atom stereocenters. The Morgan fingerprint density at radius 2 is 1.88 bits per heavy atom. The summed E-state index contributed by atoms with van der Waals surface area (Å²) in [5.41, 5.74) is 0. The van der Waals surface area contributed by atoms with Gasteiger partial charge in [0.25, 0.3) is 0 Å². The van der Waals surface area contributed by atoms with Gasteiger partial charge in [-0.1, -0.05) is 46.5 Å². The van der Waals surface area contributed by atoms with Crippen molar-refractivity contribution >= 4 is 13.7 Å². The van der Waals surface area contributed by atoms with Crippen molar-refractivity contribution in [3.8, 4) is 0 Å². The number of hydrogen-bond donors (Lipinski definition) is 6. The number of ether oxygens (including phenoxy) is 1. The molecule has 2 aliphatic heterocycles. The first-order chi connectivity index (χ1) is 15.6. The Morgan fingerprint density at radius 3 is 2.52 bits per heavy atom. The number of rotatable bonds is 13. The van der Waals surface area contributed by atoms with Crippen LogP contribution >= 0.6 is 7.82 Å². The topological polar surface area (TPSA) is 158 Å². The van der Waals surface area contributed by atoms with Crippen molar-refractivity contribution in [3.63, 3.8) is 0 Å². The molecule has 33 heavy (non-hydrogen) atoms. The number of amides is 1. The molecule has 0 aromatic carbocycles. The molecule has 0 saturated carbocycles. The lowest BCUT2D eigenvalue weighted by Crippen LogP contribution is -2.58. The highest BCUT2D eigenvalue weighted by molar-refractivity contribution is 7.46. The normalized spacial score (nSPS) is 33.7. The highest BCUT2D eigenvalue weighted by Crippen LogP contribution is 2.42. The number of unbranched alkanes of at least 4 members (excludes halogenated alkanes) is 2. The summed E-state index contributed by atoms with van der Waals surface area (Å²) < 4.78 is 21.9. The van der Waals surface area contributed by atoms with E-state index in [4.69, 9.17) is 19.0 Å². The maximum absolute atomic E-state index is 12.6. The molecule has 2 fully saturated rings. The molecule has 0 aromatic rings. The predicted octanol–water partition coefficient (Wildman–Crippen LogP) is 1.45. The standard InChI is InChI=1S/C22H43N2O8P/c1-4-6-7-9-15-11-16(23-13-15)22(27)24-12-14(3)10-18-19(25)20(26)21(32-33(28,29)30)17(31-18)8-5-2/h14-21,23,25-26H,4-13H2,1-3H3,(H,24,27)(H2,28,29,30). The summed E-state index contributed by atoms with van der Waals surface area (Å²) in [5, 5.41) is 27.3. The molecule has 2 rings (SSSR count). The van der Waals surface area contributed by atoms with Crippen molar-refractivity contribution in [2.45, 2.75) is 109 Å². The quantitative estimate of drug-likeness (QED) is 0.165. The van der Waals surface area contributed by atoms with E-state index in [1.807, 2.05) is 13.8 Å². The number of aliphatic hydroxyl groups is 2. The fourth-order valence-corrected chi connectivity index (χ4v) is 5.38. The maximum Gasteiger partial charge on any atom is 0.470 e. The second-order valence-electron chi connectivity index (χ2n) is 9.69. The third-order valence-electron chi connectivity index (χ3n) is 6.63. The van der Waals surface area contributed by atoms with Gasteiger partial charge in [0.2, 0.25) is 5.91 Å². The number of carbonyl (C=O) groups excluding carboxylic acids is 1. The van der Waals surface area contributed by atoms with E-state index in [0.717, 1.165) is 19.4 Å². The Balaban J connectivity index is 1.82. The summed E-state index contributed by atoms with van der Waals surface area (Å²) in [7, 11) is -4.86. The van der Waals surface area contributed by atoms with E-state index < -0.39 is 38.3 Å². The number of nitrogens with one attached hydrogen (secondary N) is 2. The van der Waals surface area contributed by atoms with Gasteiger partial charge >= 0.3 is 7.82 Å². The van der Waals surface area contributed by atoms with Crippen molar-refractivity contribution in [3.05, 3.63) is 0 Å². The molecule has 1 amide bonds. The molecule has 10 nitrogen and oxygen atoms in total. The molecule has 2 aliphatic rings. The minimum Gasteiger partial charge on any atom is -0.388 e. The Hall–Kier alpha value is -0.580. The smallest absolute Gasteiger partial charge is 0.388 e. The van der Waals surface area contributed by atoms with Crippen LogP contribution in [0, 0.1) is 11.8 Å². The third-order valence-corrected chi connectivity index (χ3v) is 7.15. The minimum absolute atomic E-state index is 0.0241. The molecule has 11 heteroatoms. The summed E-state index contributed by atoms with van der Waals surface area (Å²) in [6.07, 6.45) is 1.42. The number of carbonyl (C=O) groups is 1. The minimum atomic E-state index is -4.86. The third kappa shape index (κ3) is 9.18. The molecule has 2 saturated heterocycles. The van der Waals surface area contributed by atoms with E-state index >= 15 is 0 Å². The van der Waals surface area contributed by atoms with Gasteiger partial charge in [-0.3, -0.25) is 9.32 Å². The van der Waals surface area contributed by atoms with Gasteiger partial charge in [0.1, 0.15) is 18.3 Å². The fraction of sp³-hybridized carbons (Fsp3) is 0.955. The van der Waals surface area contributed by atoms with Crippen LogP contribution in [0.3, 0.4) is 0 Å². The zero-order chi connectivity index (χ0) is 24.6. The van der Waals surface area contributed by atoms with Crippen LogP contribution in [0.1, 0.15) is 72.1 Å². The van der Waals surface area contributed by atoms with Crippen molar-refractivity contribution in [2.24, 2.45) is 11.8 Å². The molecular formula is C22H43N2O8P. The monoisotopic (exact) mass is 494 g/mol. The van der Waals surface area contributed by atoms with E-state index in [1.54, 1.807) is 0 Å². The van der Waals surface area contributed by atoms with Crippen LogP contribution < -0.4 is 10.6 Å². The van der Waals surface area contributed by atoms with E-state index in [1.165, 1.54) is 19.3 Å². The Kier molecular flexibility index (Phi) is 11.7. The molecule has 0 spiro atoms. The van der Waals surface area contributed by atoms with Crippen molar-refractivity contribution in [1.82, 2.24) is 10.6 Å². The van der Waals surface area contributed by atoms with Gasteiger partial charge in [-0.05, 0) is 44.1 Å². The van der Waals surface area contributed by atoms with Crippen LogP contribution in [-0.2, 0) is 18.6 Å². The first-order valence-corrected chi connectivity index (χ1v) is 13.8. The average molecular weight is 495 g/mol. The largest absolute Gasteiger partial charge is 0.470 e. The zero-order valence-corrected chi connectivity index (χ0v) is 21.0. The van der Waals surface area contributed by atoms with Crippen LogP contribution in [-0.4, -0.2) is 75.6 Å². The summed E-state index contributed by atoms with van der Waals surface area (Å²) in [5.74, 6) is 0.476. The van der Waals surface area contributed by atoms with Crippen LogP contribution in [0.4, 0.5) is 0 Å². The zero-order valence-electron chi connectivity index (χ0n) is 20.1. The lowest BCUT2D eigenvalue weighted by atomic mass is 9.88. The SMILES string of the molecule is CCCCCC1CNC(C(=O)NCC(C)CC2OC(CCC)C(OP(=O)(O)O)C(O)C2O)C1. The maximum atomic E-state index is 12.6. The number of hydrogen-bond acceptors (Lipinski definition) is 7. The molecule has 2 heterocycles. The molecule has 6 N–H and O–H groups in total. The van der Waals surface area contributed by atoms with Crippen molar-refractivity contribution in [1.29, 1.82) is 0 Å². The molecule has 194 valence electrons. The number of phosphoric acid groups is 1. The van der Waals surface area contributed by atoms with Crippen molar-refractivity contribution < 1.29 is 38.6 Å². The summed E-state index contributed by atoms with van der Waals surface area (Å²) in [6, 6.07) is -0.179. The summed E-state index contributed by atoms with van der Waals surface area (Å²) >= 11 is 0. The lowest BCUT2D eigenvalue weighted by Gasteiger charge is -2.43. The number of phosphoric ester groups is 1. The summed E-state index contributed by atoms with van der Waals surface area (Å²) in [6.45, 7) is 7.26. The van der Waals surface area contributed by atoms with Gasteiger partial charge in [-0.25, -0.2) is 4.57 Å². The van der Waals surface area contributed by atoms with Crippen LogP contribution in [0.5, 0.6) is 0 Å². The van der Waals surface area contributed by atoms with Gasteiger partial charge in [-0.15, -0.1) is 0 Å². The fourth-order valence-electron chi connectivity index (χ4n) is 4.81. The Morgan fingerprint density at radius 1 is 1.15 bits per heavy atom. The first-order valence-electron chi connectivity index (χ1n) is 12.3. The molecule has 0 aliphatic carbocycles. The van der Waals surface area contributed by atoms with E-state index in [2.05, 4.69) is 17.6 Å². The van der Waals surface area contributed by atoms with Gasteiger partial charge in [0.15, 0.2) is 0 Å². The van der Waals surface area contributed by atoms with Gasteiger partial charge in [-0.2, -0.15) is 0 Å².